The number of nitrogens with two attached hydrogens (primary N) is 1. The van der Waals surface area contributed by atoms with Gasteiger partial charge >= 0.3 is 0 Å². The van der Waals surface area contributed by atoms with Crippen molar-refractivity contribution in [2.24, 2.45) is 5.73 Å². The summed E-state index contributed by atoms with van der Waals surface area (Å²) in [5.41, 5.74) is 5.90. The Bertz CT molecular complexity index is 276. The van der Waals surface area contributed by atoms with Crippen LogP contribution in [0.4, 0.5) is 0 Å². The van der Waals surface area contributed by atoms with Crippen LogP contribution in [0.2, 0.25) is 0 Å². The van der Waals surface area contributed by atoms with E-state index in [0.717, 1.165) is 25.1 Å². The molecule has 3 nitrogen and oxygen atoms in total. The summed E-state index contributed by atoms with van der Waals surface area (Å²) in [5, 5.41) is 0. The summed E-state index contributed by atoms with van der Waals surface area (Å²) in [4.78, 5) is 2.38. The summed E-state index contributed by atoms with van der Waals surface area (Å²) < 4.78 is 5.35. The minimum atomic E-state index is 0.429. The molecule has 1 aromatic heterocycles. The van der Waals surface area contributed by atoms with Crippen LogP contribution in [-0.2, 0) is 6.54 Å². The first kappa shape index (κ1) is 10.7. The third kappa shape index (κ3) is 2.83. The van der Waals surface area contributed by atoms with Crippen molar-refractivity contribution in [2.75, 3.05) is 7.05 Å². The third-order valence-corrected chi connectivity index (χ3v) is 3.35. The normalized spacial score (nSPS) is 27.1. The van der Waals surface area contributed by atoms with Crippen molar-refractivity contribution in [3.8, 4) is 0 Å². The van der Waals surface area contributed by atoms with E-state index in [-0.39, 0.29) is 0 Å². The molecule has 1 aliphatic rings. The van der Waals surface area contributed by atoms with Crippen molar-refractivity contribution in [1.29, 1.82) is 0 Å². The maximum Gasteiger partial charge on any atom is 0.117 e. The Morgan fingerprint density at radius 1 is 1.40 bits per heavy atom. The summed E-state index contributed by atoms with van der Waals surface area (Å²) >= 11 is 0. The average Bonchev–Trinajstić information content (AvgIpc) is 2.71. The maximum absolute atomic E-state index is 5.90. The molecule has 0 radical (unpaired) electrons. The topological polar surface area (TPSA) is 42.4 Å². The smallest absolute Gasteiger partial charge is 0.117 e. The standard InChI is InChI=1S/C12H20N2O/c1-14(9-12-3-2-8-15-12)11-6-4-10(13)5-7-11/h2-3,8,10-11H,4-7,9,13H2,1H3. The van der Waals surface area contributed by atoms with Gasteiger partial charge in [0, 0.05) is 12.1 Å². The van der Waals surface area contributed by atoms with Gasteiger partial charge in [0.25, 0.3) is 0 Å². The molecule has 0 bridgehead atoms. The lowest BCUT2D eigenvalue weighted by Gasteiger charge is -2.32. The van der Waals surface area contributed by atoms with Crippen molar-refractivity contribution in [2.45, 2.75) is 44.3 Å². The van der Waals surface area contributed by atoms with Crippen LogP contribution in [-0.4, -0.2) is 24.0 Å². The van der Waals surface area contributed by atoms with Gasteiger partial charge in [-0.1, -0.05) is 0 Å². The van der Waals surface area contributed by atoms with E-state index in [9.17, 15) is 0 Å². The van der Waals surface area contributed by atoms with Gasteiger partial charge in [0.1, 0.15) is 5.76 Å². The monoisotopic (exact) mass is 208 g/mol. The quantitative estimate of drug-likeness (QED) is 0.826. The Morgan fingerprint density at radius 3 is 2.73 bits per heavy atom. The molecule has 1 heterocycles. The first-order chi connectivity index (χ1) is 7.25. The molecule has 0 amide bonds. The second-order valence-electron chi connectivity index (χ2n) is 4.56. The van der Waals surface area contributed by atoms with Gasteiger partial charge in [-0.05, 0) is 44.9 Å². The fraction of sp³-hybridized carbons (Fsp3) is 0.667. The lowest BCUT2D eigenvalue weighted by atomic mass is 9.91. The zero-order chi connectivity index (χ0) is 10.7. The Morgan fingerprint density at radius 2 is 2.13 bits per heavy atom. The van der Waals surface area contributed by atoms with Crippen LogP contribution in [0.25, 0.3) is 0 Å². The summed E-state index contributed by atoms with van der Waals surface area (Å²) in [5.74, 6) is 1.05. The fourth-order valence-corrected chi connectivity index (χ4v) is 2.32. The predicted molar refractivity (Wildman–Crippen MR) is 60.4 cm³/mol. The van der Waals surface area contributed by atoms with Gasteiger partial charge in [-0.25, -0.2) is 0 Å². The minimum absolute atomic E-state index is 0.429. The Balaban J connectivity index is 1.83. The van der Waals surface area contributed by atoms with Crippen LogP contribution in [0, 0.1) is 0 Å². The van der Waals surface area contributed by atoms with Gasteiger partial charge in [-0.2, -0.15) is 0 Å². The highest BCUT2D eigenvalue weighted by Crippen LogP contribution is 2.22. The van der Waals surface area contributed by atoms with Crippen LogP contribution in [0.5, 0.6) is 0 Å². The Kier molecular flexibility index (Phi) is 3.44. The van der Waals surface area contributed by atoms with Gasteiger partial charge in [0.15, 0.2) is 0 Å². The van der Waals surface area contributed by atoms with Crippen LogP contribution in [0.15, 0.2) is 22.8 Å². The first-order valence-corrected chi connectivity index (χ1v) is 5.74. The zero-order valence-electron chi connectivity index (χ0n) is 9.36. The largest absolute Gasteiger partial charge is 0.468 e. The van der Waals surface area contributed by atoms with E-state index in [0.29, 0.717) is 12.1 Å². The summed E-state index contributed by atoms with van der Waals surface area (Å²) in [6.07, 6.45) is 6.50. The Hall–Kier alpha value is -0.800. The average molecular weight is 208 g/mol. The molecule has 1 fully saturated rings. The van der Waals surface area contributed by atoms with E-state index in [1.807, 2.05) is 12.1 Å². The second-order valence-corrected chi connectivity index (χ2v) is 4.56. The van der Waals surface area contributed by atoms with E-state index < -0.39 is 0 Å². The van der Waals surface area contributed by atoms with E-state index in [4.69, 9.17) is 10.2 Å². The van der Waals surface area contributed by atoms with Crippen molar-refractivity contribution < 1.29 is 4.42 Å². The number of hydrogen-bond acceptors (Lipinski definition) is 3. The van der Waals surface area contributed by atoms with Gasteiger partial charge in [-0.15, -0.1) is 0 Å². The predicted octanol–water partition coefficient (Wildman–Crippen LogP) is 1.98. The van der Waals surface area contributed by atoms with Crippen molar-refractivity contribution in [3.63, 3.8) is 0 Å². The molecule has 1 aliphatic carbocycles. The lowest BCUT2D eigenvalue weighted by molar-refractivity contribution is 0.166. The molecule has 3 heteroatoms. The zero-order valence-corrected chi connectivity index (χ0v) is 9.36. The molecule has 1 aromatic rings. The molecule has 84 valence electrons. The van der Waals surface area contributed by atoms with Crippen LogP contribution >= 0.6 is 0 Å². The number of nitrogens with zero attached hydrogens (tertiary/aromatic N) is 1. The van der Waals surface area contributed by atoms with E-state index >= 15 is 0 Å². The van der Waals surface area contributed by atoms with Gasteiger partial charge < -0.3 is 10.2 Å². The molecule has 2 rings (SSSR count). The van der Waals surface area contributed by atoms with E-state index in [1.54, 1.807) is 6.26 Å². The molecular weight excluding hydrogens is 188 g/mol. The maximum atomic E-state index is 5.90. The third-order valence-electron chi connectivity index (χ3n) is 3.35. The Labute approximate surface area is 91.2 Å². The van der Waals surface area contributed by atoms with Crippen LogP contribution < -0.4 is 5.73 Å². The summed E-state index contributed by atoms with van der Waals surface area (Å²) in [6.45, 7) is 0.910. The van der Waals surface area contributed by atoms with Crippen molar-refractivity contribution >= 4 is 0 Å². The molecular formula is C12H20N2O. The lowest BCUT2D eigenvalue weighted by Crippen LogP contribution is -2.38. The summed E-state index contributed by atoms with van der Waals surface area (Å²) in [6, 6.07) is 5.08. The second kappa shape index (κ2) is 4.81. The molecule has 0 spiro atoms. The number of rotatable bonds is 3. The fourth-order valence-electron chi connectivity index (χ4n) is 2.32. The molecule has 0 atom stereocenters. The minimum Gasteiger partial charge on any atom is -0.468 e. The molecule has 0 saturated heterocycles. The molecule has 0 aliphatic heterocycles. The molecule has 0 unspecified atom stereocenters. The van der Waals surface area contributed by atoms with Gasteiger partial charge in [-0.3, -0.25) is 4.90 Å². The molecule has 2 N–H and O–H groups in total. The SMILES string of the molecule is CN(Cc1ccco1)C1CCC(N)CC1. The van der Waals surface area contributed by atoms with Crippen LogP contribution in [0.3, 0.4) is 0 Å². The van der Waals surface area contributed by atoms with E-state index in [2.05, 4.69) is 11.9 Å². The molecule has 1 saturated carbocycles. The highest BCUT2D eigenvalue weighted by Gasteiger charge is 2.22. The summed E-state index contributed by atoms with van der Waals surface area (Å²) in [7, 11) is 2.17. The van der Waals surface area contributed by atoms with Crippen molar-refractivity contribution in [3.05, 3.63) is 24.2 Å². The van der Waals surface area contributed by atoms with Gasteiger partial charge in [0.2, 0.25) is 0 Å². The van der Waals surface area contributed by atoms with Gasteiger partial charge in [0.05, 0.1) is 12.8 Å². The molecule has 0 aromatic carbocycles. The molecule has 15 heavy (non-hydrogen) atoms. The first-order valence-electron chi connectivity index (χ1n) is 5.74. The highest BCUT2D eigenvalue weighted by atomic mass is 16.3. The van der Waals surface area contributed by atoms with Crippen molar-refractivity contribution in [1.82, 2.24) is 4.90 Å². The van der Waals surface area contributed by atoms with E-state index in [1.165, 1.54) is 12.8 Å². The number of furan rings is 1. The highest BCUT2D eigenvalue weighted by molar-refractivity contribution is 4.98. The van der Waals surface area contributed by atoms with Crippen LogP contribution in [0.1, 0.15) is 31.4 Å². The number of hydrogen-bond donors (Lipinski definition) is 1.